The predicted molar refractivity (Wildman–Crippen MR) is 76.4 cm³/mol. The third kappa shape index (κ3) is 2.47. The number of amides is 1. The average Bonchev–Trinajstić information content (AvgIpc) is 2.90. The van der Waals surface area contributed by atoms with Gasteiger partial charge in [-0.3, -0.25) is 4.79 Å². The second-order valence-electron chi connectivity index (χ2n) is 5.03. The van der Waals surface area contributed by atoms with Crippen LogP contribution in [0.25, 0.3) is 0 Å². The van der Waals surface area contributed by atoms with E-state index in [0.717, 1.165) is 35.6 Å². The number of rotatable bonds is 4. The number of furan rings is 1. The number of nitrogens with one attached hydrogen (secondary N) is 1. The van der Waals surface area contributed by atoms with Gasteiger partial charge in [-0.25, -0.2) is 0 Å². The molecule has 2 aromatic rings. The van der Waals surface area contributed by atoms with Gasteiger partial charge in [0.2, 0.25) is 0 Å². The molecule has 0 aliphatic carbocycles. The van der Waals surface area contributed by atoms with Crippen LogP contribution >= 0.6 is 0 Å². The quantitative estimate of drug-likeness (QED) is 0.926. The molecule has 0 saturated carbocycles. The highest BCUT2D eigenvalue weighted by Gasteiger charge is 2.24. The monoisotopic (exact) mass is 270 g/mol. The number of carbonyl (C=O) groups is 1. The molecule has 0 bridgehead atoms. The van der Waals surface area contributed by atoms with Gasteiger partial charge in [-0.2, -0.15) is 0 Å². The van der Waals surface area contributed by atoms with Gasteiger partial charge in [0.05, 0.1) is 13.1 Å². The van der Waals surface area contributed by atoms with E-state index in [1.165, 1.54) is 0 Å². The van der Waals surface area contributed by atoms with E-state index in [-0.39, 0.29) is 5.91 Å². The Balaban J connectivity index is 1.74. The topological polar surface area (TPSA) is 45.5 Å². The summed E-state index contributed by atoms with van der Waals surface area (Å²) in [6, 6.07) is 11.7. The number of hydrogen-bond donors (Lipinski definition) is 1. The summed E-state index contributed by atoms with van der Waals surface area (Å²) in [4.78, 5) is 14.3. The number of fused-ring (bicyclic) bond motifs is 1. The van der Waals surface area contributed by atoms with E-state index in [1.807, 2.05) is 48.3 Å². The Morgan fingerprint density at radius 1 is 1.20 bits per heavy atom. The molecule has 1 amide bonds. The lowest BCUT2D eigenvalue weighted by atomic mass is 9.99. The third-order valence-corrected chi connectivity index (χ3v) is 3.60. The van der Waals surface area contributed by atoms with Crippen molar-refractivity contribution >= 4 is 5.91 Å². The Labute approximate surface area is 118 Å². The molecule has 2 heterocycles. The highest BCUT2D eigenvalue weighted by molar-refractivity contribution is 5.96. The molecule has 104 valence electrons. The number of hydrogen-bond acceptors (Lipinski definition) is 3. The van der Waals surface area contributed by atoms with Crippen LogP contribution in [-0.4, -0.2) is 24.4 Å². The minimum absolute atomic E-state index is 0.0958. The van der Waals surface area contributed by atoms with Crippen molar-refractivity contribution in [2.24, 2.45) is 0 Å². The molecular formula is C16H18N2O2. The highest BCUT2D eigenvalue weighted by Crippen LogP contribution is 2.21. The third-order valence-electron chi connectivity index (χ3n) is 3.60. The lowest BCUT2D eigenvalue weighted by Gasteiger charge is -2.27. The fourth-order valence-electron chi connectivity index (χ4n) is 2.59. The lowest BCUT2D eigenvalue weighted by molar-refractivity contribution is 0.0714. The summed E-state index contributed by atoms with van der Waals surface area (Å²) >= 11 is 0. The predicted octanol–water partition coefficient (Wildman–Crippen LogP) is 2.20. The van der Waals surface area contributed by atoms with E-state index in [9.17, 15) is 4.79 Å². The van der Waals surface area contributed by atoms with Crippen LogP contribution in [-0.2, 0) is 19.5 Å². The summed E-state index contributed by atoms with van der Waals surface area (Å²) in [6.07, 6.45) is 0.909. The van der Waals surface area contributed by atoms with E-state index in [1.54, 1.807) is 0 Å². The van der Waals surface area contributed by atoms with Crippen LogP contribution in [0.1, 0.15) is 27.4 Å². The Bertz CT molecular complexity index is 618. The van der Waals surface area contributed by atoms with Gasteiger partial charge < -0.3 is 14.6 Å². The van der Waals surface area contributed by atoms with Crippen molar-refractivity contribution in [3.63, 3.8) is 0 Å². The Hall–Kier alpha value is -2.07. The molecule has 1 N–H and O–H groups in total. The molecule has 3 rings (SSSR count). The zero-order chi connectivity index (χ0) is 13.9. The SMILES string of the molecule is CNCc1ccc(CN2CCc3ccccc3C2=O)o1. The molecule has 0 radical (unpaired) electrons. The molecule has 1 aliphatic rings. The van der Waals surface area contributed by atoms with Crippen molar-refractivity contribution in [3.8, 4) is 0 Å². The largest absolute Gasteiger partial charge is 0.463 e. The van der Waals surface area contributed by atoms with Gasteiger partial charge in [0.1, 0.15) is 11.5 Å². The number of nitrogens with zero attached hydrogens (tertiary/aromatic N) is 1. The summed E-state index contributed by atoms with van der Waals surface area (Å²) in [7, 11) is 1.88. The molecular weight excluding hydrogens is 252 g/mol. The molecule has 4 heteroatoms. The van der Waals surface area contributed by atoms with Crippen molar-refractivity contribution in [1.82, 2.24) is 10.2 Å². The van der Waals surface area contributed by atoms with Gasteiger partial charge in [0.15, 0.2) is 0 Å². The lowest BCUT2D eigenvalue weighted by Crippen LogP contribution is -2.36. The summed E-state index contributed by atoms with van der Waals surface area (Å²) in [6.45, 7) is 1.99. The van der Waals surface area contributed by atoms with Crippen LogP contribution < -0.4 is 5.32 Å². The summed E-state index contributed by atoms with van der Waals surface area (Å²) in [5, 5.41) is 3.05. The van der Waals surface area contributed by atoms with Crippen LogP contribution in [0, 0.1) is 0 Å². The number of carbonyl (C=O) groups excluding carboxylic acids is 1. The molecule has 1 aromatic heterocycles. The van der Waals surface area contributed by atoms with Crippen LogP contribution in [0.5, 0.6) is 0 Å². The fourth-order valence-corrected chi connectivity index (χ4v) is 2.59. The average molecular weight is 270 g/mol. The van der Waals surface area contributed by atoms with Crippen molar-refractivity contribution in [1.29, 1.82) is 0 Å². The standard InChI is InChI=1S/C16H18N2O2/c1-17-10-13-6-7-14(20-13)11-18-9-8-12-4-2-3-5-15(12)16(18)19/h2-7,17H,8-11H2,1H3. The zero-order valence-electron chi connectivity index (χ0n) is 11.6. The summed E-state index contributed by atoms with van der Waals surface area (Å²) < 4.78 is 5.71. The van der Waals surface area contributed by atoms with Crippen molar-refractivity contribution in [2.75, 3.05) is 13.6 Å². The van der Waals surface area contributed by atoms with Crippen molar-refractivity contribution < 1.29 is 9.21 Å². The van der Waals surface area contributed by atoms with Crippen LogP contribution in [0.4, 0.5) is 0 Å². The van der Waals surface area contributed by atoms with Crippen LogP contribution in [0.15, 0.2) is 40.8 Å². The molecule has 0 saturated heterocycles. The van der Waals surface area contributed by atoms with E-state index in [4.69, 9.17) is 4.42 Å². The maximum Gasteiger partial charge on any atom is 0.254 e. The molecule has 0 fully saturated rings. The molecule has 1 aliphatic heterocycles. The number of benzene rings is 1. The highest BCUT2D eigenvalue weighted by atomic mass is 16.3. The first-order chi connectivity index (χ1) is 9.78. The molecule has 0 spiro atoms. The first kappa shape index (κ1) is 12.9. The van der Waals surface area contributed by atoms with Crippen molar-refractivity contribution in [2.45, 2.75) is 19.5 Å². The Morgan fingerprint density at radius 2 is 2.00 bits per heavy atom. The van der Waals surface area contributed by atoms with Gasteiger partial charge in [-0.15, -0.1) is 0 Å². The first-order valence-electron chi connectivity index (χ1n) is 6.87. The Morgan fingerprint density at radius 3 is 2.85 bits per heavy atom. The normalized spacial score (nSPS) is 14.4. The van der Waals surface area contributed by atoms with Gasteiger partial charge in [0.25, 0.3) is 5.91 Å². The van der Waals surface area contributed by atoms with E-state index < -0.39 is 0 Å². The van der Waals surface area contributed by atoms with Gasteiger partial charge >= 0.3 is 0 Å². The zero-order valence-corrected chi connectivity index (χ0v) is 11.6. The van der Waals surface area contributed by atoms with E-state index in [0.29, 0.717) is 13.1 Å². The second-order valence-corrected chi connectivity index (χ2v) is 5.03. The molecule has 1 aromatic carbocycles. The molecule has 0 atom stereocenters. The maximum absolute atomic E-state index is 12.4. The second kappa shape index (κ2) is 5.51. The van der Waals surface area contributed by atoms with Gasteiger partial charge in [0, 0.05) is 12.1 Å². The van der Waals surface area contributed by atoms with Crippen LogP contribution in [0.2, 0.25) is 0 Å². The van der Waals surface area contributed by atoms with E-state index in [2.05, 4.69) is 5.32 Å². The first-order valence-corrected chi connectivity index (χ1v) is 6.87. The van der Waals surface area contributed by atoms with Crippen LogP contribution in [0.3, 0.4) is 0 Å². The molecule has 4 nitrogen and oxygen atoms in total. The summed E-state index contributed by atoms with van der Waals surface area (Å²) in [5.41, 5.74) is 1.96. The van der Waals surface area contributed by atoms with E-state index >= 15 is 0 Å². The smallest absolute Gasteiger partial charge is 0.254 e. The van der Waals surface area contributed by atoms with Gasteiger partial charge in [-0.1, -0.05) is 18.2 Å². The molecule has 20 heavy (non-hydrogen) atoms. The van der Waals surface area contributed by atoms with Crippen molar-refractivity contribution in [3.05, 3.63) is 59.0 Å². The summed E-state index contributed by atoms with van der Waals surface area (Å²) in [5.74, 6) is 1.83. The van der Waals surface area contributed by atoms with Gasteiger partial charge in [-0.05, 0) is 37.2 Å². The fraction of sp³-hybridized carbons (Fsp3) is 0.312. The minimum Gasteiger partial charge on any atom is -0.463 e. The maximum atomic E-state index is 12.4. The molecule has 0 unspecified atom stereocenters. The Kier molecular flexibility index (Phi) is 3.56. The minimum atomic E-state index is 0.0958.